The fraction of sp³-hybridized carbons (Fsp3) is 0. The fourth-order valence-corrected chi connectivity index (χ4v) is 2.59. The third kappa shape index (κ3) is 2.31. The standard InChI is InChI=1S/C9H7N3O2S2/c10-6-4-12-7(3-5(6)8(13)14)16-9-11-1-2-15-9/h1-4H,10H2,(H,13,14). The summed E-state index contributed by atoms with van der Waals surface area (Å²) in [6, 6.07) is 1.45. The molecule has 7 heteroatoms. The van der Waals surface area contributed by atoms with Crippen molar-refractivity contribution in [3.63, 3.8) is 0 Å². The molecule has 2 rings (SSSR count). The van der Waals surface area contributed by atoms with Crippen LogP contribution in [0.3, 0.4) is 0 Å². The van der Waals surface area contributed by atoms with Crippen molar-refractivity contribution in [1.82, 2.24) is 9.97 Å². The smallest absolute Gasteiger partial charge is 0.337 e. The van der Waals surface area contributed by atoms with Crippen molar-refractivity contribution in [1.29, 1.82) is 0 Å². The zero-order valence-electron chi connectivity index (χ0n) is 7.95. The SMILES string of the molecule is Nc1cnc(Sc2nccs2)cc1C(=O)O. The van der Waals surface area contributed by atoms with Gasteiger partial charge in [0.15, 0.2) is 4.34 Å². The molecule has 2 aromatic heterocycles. The van der Waals surface area contributed by atoms with Crippen LogP contribution in [-0.2, 0) is 0 Å². The molecule has 0 bridgehead atoms. The highest BCUT2D eigenvalue weighted by atomic mass is 32.2. The minimum Gasteiger partial charge on any atom is -0.478 e. The van der Waals surface area contributed by atoms with Crippen LogP contribution >= 0.6 is 23.1 Å². The van der Waals surface area contributed by atoms with Crippen molar-refractivity contribution in [3.8, 4) is 0 Å². The lowest BCUT2D eigenvalue weighted by molar-refractivity contribution is 0.0697. The summed E-state index contributed by atoms with van der Waals surface area (Å²) >= 11 is 2.78. The number of anilines is 1. The third-order valence-electron chi connectivity index (χ3n) is 1.74. The minimum atomic E-state index is -1.05. The molecule has 2 heterocycles. The number of pyridine rings is 1. The third-order valence-corrected chi connectivity index (χ3v) is 3.56. The van der Waals surface area contributed by atoms with Crippen LogP contribution in [0.5, 0.6) is 0 Å². The van der Waals surface area contributed by atoms with Gasteiger partial charge in [-0.15, -0.1) is 11.3 Å². The molecule has 0 spiro atoms. The normalized spacial score (nSPS) is 10.2. The van der Waals surface area contributed by atoms with Crippen molar-refractivity contribution in [2.24, 2.45) is 0 Å². The number of carbonyl (C=O) groups is 1. The number of hydrogen-bond donors (Lipinski definition) is 2. The van der Waals surface area contributed by atoms with E-state index in [2.05, 4.69) is 9.97 Å². The summed E-state index contributed by atoms with van der Waals surface area (Å²) in [5.74, 6) is -1.05. The number of aromatic carboxylic acids is 1. The second kappa shape index (κ2) is 4.50. The van der Waals surface area contributed by atoms with E-state index in [0.717, 1.165) is 4.34 Å². The average molecular weight is 253 g/mol. The molecule has 0 unspecified atom stereocenters. The van der Waals surface area contributed by atoms with E-state index in [4.69, 9.17) is 10.8 Å². The Morgan fingerprint density at radius 1 is 1.50 bits per heavy atom. The van der Waals surface area contributed by atoms with Crippen molar-refractivity contribution < 1.29 is 9.90 Å². The molecule has 0 atom stereocenters. The highest BCUT2D eigenvalue weighted by Gasteiger charge is 2.10. The Kier molecular flexibility index (Phi) is 3.07. The largest absolute Gasteiger partial charge is 0.478 e. The van der Waals surface area contributed by atoms with Crippen molar-refractivity contribution in [2.45, 2.75) is 9.37 Å². The fourth-order valence-electron chi connectivity index (χ4n) is 1.04. The van der Waals surface area contributed by atoms with Crippen molar-refractivity contribution in [2.75, 3.05) is 5.73 Å². The number of rotatable bonds is 3. The van der Waals surface area contributed by atoms with Gasteiger partial charge in [-0.3, -0.25) is 0 Å². The Bertz CT molecular complexity index is 513. The van der Waals surface area contributed by atoms with E-state index >= 15 is 0 Å². The molecule has 0 amide bonds. The molecule has 5 nitrogen and oxygen atoms in total. The molecule has 16 heavy (non-hydrogen) atoms. The number of nitrogens with zero attached hydrogens (tertiary/aromatic N) is 2. The zero-order valence-corrected chi connectivity index (χ0v) is 9.59. The maximum atomic E-state index is 10.8. The van der Waals surface area contributed by atoms with Crippen LogP contribution in [-0.4, -0.2) is 21.0 Å². The maximum Gasteiger partial charge on any atom is 0.337 e. The van der Waals surface area contributed by atoms with Gasteiger partial charge in [0.2, 0.25) is 0 Å². The molecule has 0 aliphatic carbocycles. The monoisotopic (exact) mass is 253 g/mol. The van der Waals surface area contributed by atoms with E-state index in [9.17, 15) is 4.79 Å². The molecule has 82 valence electrons. The highest BCUT2D eigenvalue weighted by Crippen LogP contribution is 2.29. The Labute approximate surface area is 99.4 Å². The first-order valence-electron chi connectivity index (χ1n) is 4.23. The van der Waals surface area contributed by atoms with Gasteiger partial charge in [-0.25, -0.2) is 14.8 Å². The van der Waals surface area contributed by atoms with Crippen LogP contribution in [0.4, 0.5) is 5.69 Å². The number of thiazole rings is 1. The van der Waals surface area contributed by atoms with E-state index in [-0.39, 0.29) is 11.3 Å². The molecule has 0 radical (unpaired) electrons. The molecule has 0 saturated carbocycles. The average Bonchev–Trinajstić information content (AvgIpc) is 2.73. The van der Waals surface area contributed by atoms with Crippen LogP contribution in [0.25, 0.3) is 0 Å². The summed E-state index contributed by atoms with van der Waals surface area (Å²) in [6.45, 7) is 0. The molecule has 0 aromatic carbocycles. The summed E-state index contributed by atoms with van der Waals surface area (Å²) < 4.78 is 0.814. The lowest BCUT2D eigenvalue weighted by Crippen LogP contribution is -2.03. The summed E-state index contributed by atoms with van der Waals surface area (Å²) in [6.07, 6.45) is 3.03. The van der Waals surface area contributed by atoms with Gasteiger partial charge >= 0.3 is 5.97 Å². The van der Waals surface area contributed by atoms with Crippen molar-refractivity contribution in [3.05, 3.63) is 29.4 Å². The number of hydrogen-bond acceptors (Lipinski definition) is 6. The quantitative estimate of drug-likeness (QED) is 0.869. The first-order chi connectivity index (χ1) is 7.66. The van der Waals surface area contributed by atoms with Gasteiger partial charge in [0.1, 0.15) is 5.03 Å². The highest BCUT2D eigenvalue weighted by molar-refractivity contribution is 8.00. The number of nitrogen functional groups attached to an aromatic ring is 1. The van der Waals surface area contributed by atoms with Crippen LogP contribution < -0.4 is 5.73 Å². The lowest BCUT2D eigenvalue weighted by Gasteiger charge is -2.02. The summed E-state index contributed by atoms with van der Waals surface area (Å²) in [7, 11) is 0. The van der Waals surface area contributed by atoms with Gasteiger partial charge in [0, 0.05) is 11.6 Å². The molecule has 3 N–H and O–H groups in total. The second-order valence-corrected chi connectivity index (χ2v) is 4.98. The minimum absolute atomic E-state index is 0.0639. The first-order valence-corrected chi connectivity index (χ1v) is 5.92. The van der Waals surface area contributed by atoms with Gasteiger partial charge in [-0.05, 0) is 17.8 Å². The van der Waals surface area contributed by atoms with Crippen molar-refractivity contribution >= 4 is 34.8 Å². The Morgan fingerprint density at radius 2 is 2.31 bits per heavy atom. The summed E-state index contributed by atoms with van der Waals surface area (Å²) in [4.78, 5) is 19.0. The molecule has 0 saturated heterocycles. The number of carboxylic acid groups (broad SMARTS) is 1. The van der Waals surface area contributed by atoms with Gasteiger partial charge in [-0.2, -0.15) is 0 Å². The number of carboxylic acids is 1. The molecule has 0 aliphatic rings. The van der Waals surface area contributed by atoms with E-state index in [1.54, 1.807) is 6.20 Å². The Balaban J connectivity index is 2.29. The van der Waals surface area contributed by atoms with E-state index in [1.807, 2.05) is 5.38 Å². The van der Waals surface area contributed by atoms with Crippen LogP contribution in [0.1, 0.15) is 10.4 Å². The topological polar surface area (TPSA) is 89.1 Å². The van der Waals surface area contributed by atoms with Gasteiger partial charge < -0.3 is 10.8 Å². The predicted octanol–water partition coefficient (Wildman–Crippen LogP) is 1.97. The van der Waals surface area contributed by atoms with Gasteiger partial charge in [0.25, 0.3) is 0 Å². The Morgan fingerprint density at radius 3 is 2.94 bits per heavy atom. The van der Waals surface area contributed by atoms with Crippen LogP contribution in [0, 0.1) is 0 Å². The lowest BCUT2D eigenvalue weighted by atomic mass is 10.2. The van der Waals surface area contributed by atoms with E-state index < -0.39 is 5.97 Å². The predicted molar refractivity (Wildman–Crippen MR) is 61.8 cm³/mol. The van der Waals surface area contributed by atoms with E-state index in [0.29, 0.717) is 5.03 Å². The second-order valence-electron chi connectivity index (χ2n) is 2.82. The van der Waals surface area contributed by atoms with Crippen LogP contribution in [0.15, 0.2) is 33.2 Å². The zero-order chi connectivity index (χ0) is 11.5. The number of aromatic nitrogens is 2. The summed E-state index contributed by atoms with van der Waals surface area (Å²) in [5, 5.41) is 11.3. The van der Waals surface area contributed by atoms with Crippen LogP contribution in [0.2, 0.25) is 0 Å². The molecular weight excluding hydrogens is 246 g/mol. The van der Waals surface area contributed by atoms with E-state index in [1.165, 1.54) is 35.4 Å². The van der Waals surface area contributed by atoms with Gasteiger partial charge in [0.05, 0.1) is 17.4 Å². The maximum absolute atomic E-state index is 10.8. The molecule has 0 fully saturated rings. The first kappa shape index (κ1) is 10.9. The van der Waals surface area contributed by atoms with Gasteiger partial charge in [-0.1, -0.05) is 0 Å². The molecule has 2 aromatic rings. The molecule has 0 aliphatic heterocycles. The Hall–Kier alpha value is -1.60. The summed E-state index contributed by atoms with van der Waals surface area (Å²) in [5.41, 5.74) is 5.73. The molecular formula is C9H7N3O2S2. The number of nitrogens with two attached hydrogens (primary N) is 1.